The highest BCUT2D eigenvalue weighted by atomic mass is 28.3. The molecule has 88 valence electrons. The SMILES string of the molecule is C[Si](C)(CCC1CCCC1)c1ccccn1. The second-order valence-electron chi connectivity index (χ2n) is 5.79. The van der Waals surface area contributed by atoms with Crippen molar-refractivity contribution in [2.75, 3.05) is 0 Å². The fourth-order valence-electron chi connectivity index (χ4n) is 2.76. The van der Waals surface area contributed by atoms with Crippen LogP contribution in [0.25, 0.3) is 0 Å². The van der Waals surface area contributed by atoms with Crippen molar-refractivity contribution in [3.8, 4) is 0 Å². The summed E-state index contributed by atoms with van der Waals surface area (Å²) in [7, 11) is -1.26. The zero-order valence-corrected chi connectivity index (χ0v) is 11.6. The Bertz CT molecular complexity index is 315. The van der Waals surface area contributed by atoms with E-state index in [1.165, 1.54) is 43.5 Å². The van der Waals surface area contributed by atoms with E-state index in [1.807, 2.05) is 12.3 Å². The third kappa shape index (κ3) is 2.94. The molecule has 0 aliphatic heterocycles. The summed E-state index contributed by atoms with van der Waals surface area (Å²) in [5.41, 5.74) is 0. The molecule has 16 heavy (non-hydrogen) atoms. The topological polar surface area (TPSA) is 12.9 Å². The molecular weight excluding hydrogens is 210 g/mol. The molecule has 0 unspecified atom stereocenters. The monoisotopic (exact) mass is 233 g/mol. The van der Waals surface area contributed by atoms with Gasteiger partial charge in [0.15, 0.2) is 0 Å². The van der Waals surface area contributed by atoms with Crippen LogP contribution >= 0.6 is 0 Å². The Morgan fingerprint density at radius 3 is 2.62 bits per heavy atom. The number of rotatable bonds is 4. The van der Waals surface area contributed by atoms with E-state index in [9.17, 15) is 0 Å². The first-order valence-corrected chi connectivity index (χ1v) is 9.81. The van der Waals surface area contributed by atoms with Crippen LogP contribution in [0.1, 0.15) is 32.1 Å². The van der Waals surface area contributed by atoms with Gasteiger partial charge in [0.05, 0.1) is 0 Å². The number of hydrogen-bond donors (Lipinski definition) is 0. The summed E-state index contributed by atoms with van der Waals surface area (Å²) < 4.78 is 0. The van der Waals surface area contributed by atoms with Gasteiger partial charge >= 0.3 is 0 Å². The molecule has 0 bridgehead atoms. The van der Waals surface area contributed by atoms with Crippen LogP contribution in [0.2, 0.25) is 19.1 Å². The molecule has 2 rings (SSSR count). The zero-order valence-electron chi connectivity index (χ0n) is 10.6. The summed E-state index contributed by atoms with van der Waals surface area (Å²) >= 11 is 0. The van der Waals surface area contributed by atoms with Crippen LogP contribution in [-0.4, -0.2) is 13.1 Å². The van der Waals surface area contributed by atoms with E-state index >= 15 is 0 Å². The maximum Gasteiger partial charge on any atom is 0.104 e. The molecular formula is C14H23NSi. The molecule has 1 aromatic heterocycles. The molecule has 0 saturated heterocycles. The Labute approximate surface area is 100 Å². The van der Waals surface area contributed by atoms with Crippen molar-refractivity contribution in [1.29, 1.82) is 0 Å². The first-order chi connectivity index (χ1) is 7.68. The average Bonchev–Trinajstić information content (AvgIpc) is 2.81. The fraction of sp³-hybridized carbons (Fsp3) is 0.643. The normalized spacial score (nSPS) is 17.9. The summed E-state index contributed by atoms with van der Waals surface area (Å²) in [5.74, 6) is 1.02. The van der Waals surface area contributed by atoms with Gasteiger partial charge in [-0.2, -0.15) is 0 Å². The third-order valence-electron chi connectivity index (χ3n) is 4.01. The molecule has 1 fully saturated rings. The van der Waals surface area contributed by atoms with Crippen molar-refractivity contribution in [1.82, 2.24) is 4.98 Å². The number of aromatic nitrogens is 1. The quantitative estimate of drug-likeness (QED) is 0.724. The van der Waals surface area contributed by atoms with E-state index in [0.717, 1.165) is 5.92 Å². The first-order valence-electron chi connectivity index (χ1n) is 6.60. The summed E-state index contributed by atoms with van der Waals surface area (Å²) in [4.78, 5) is 4.56. The van der Waals surface area contributed by atoms with Crippen LogP contribution in [0, 0.1) is 5.92 Å². The fourth-order valence-corrected chi connectivity index (χ4v) is 5.11. The Kier molecular flexibility index (Phi) is 3.80. The number of pyridine rings is 1. The minimum absolute atomic E-state index is 1.02. The minimum atomic E-state index is -1.26. The van der Waals surface area contributed by atoms with E-state index < -0.39 is 8.07 Å². The van der Waals surface area contributed by atoms with Crippen LogP contribution in [0.15, 0.2) is 24.4 Å². The van der Waals surface area contributed by atoms with Crippen LogP contribution in [-0.2, 0) is 0 Å². The van der Waals surface area contributed by atoms with Gasteiger partial charge in [-0.15, -0.1) is 0 Å². The smallest absolute Gasteiger partial charge is 0.104 e. The summed E-state index contributed by atoms with van der Waals surface area (Å²) in [5, 5.41) is 1.38. The van der Waals surface area contributed by atoms with Gasteiger partial charge in [0.2, 0.25) is 0 Å². The molecule has 1 nitrogen and oxygen atoms in total. The standard InChI is InChI=1S/C14H23NSi/c1-16(2,14-9-5-6-11-15-14)12-10-13-7-3-4-8-13/h5-6,9,11,13H,3-4,7-8,10,12H2,1-2H3. The van der Waals surface area contributed by atoms with Crippen LogP contribution < -0.4 is 5.32 Å². The molecule has 1 aromatic rings. The molecule has 0 atom stereocenters. The second-order valence-corrected chi connectivity index (χ2v) is 10.6. The maximum absolute atomic E-state index is 4.56. The molecule has 0 aromatic carbocycles. The molecule has 1 heterocycles. The van der Waals surface area contributed by atoms with E-state index in [0.29, 0.717) is 0 Å². The Morgan fingerprint density at radius 2 is 2.00 bits per heavy atom. The van der Waals surface area contributed by atoms with Gasteiger partial charge in [-0.1, -0.05) is 57.3 Å². The lowest BCUT2D eigenvalue weighted by Crippen LogP contribution is -2.43. The van der Waals surface area contributed by atoms with Gasteiger partial charge in [-0.3, -0.25) is 4.98 Å². The molecule has 0 radical (unpaired) electrons. The molecule has 1 aliphatic carbocycles. The van der Waals surface area contributed by atoms with Crippen molar-refractivity contribution in [2.45, 2.75) is 51.2 Å². The Hall–Kier alpha value is -0.633. The predicted molar refractivity (Wildman–Crippen MR) is 72.7 cm³/mol. The van der Waals surface area contributed by atoms with Crippen molar-refractivity contribution in [3.63, 3.8) is 0 Å². The lowest BCUT2D eigenvalue weighted by Gasteiger charge is -2.23. The van der Waals surface area contributed by atoms with E-state index in [2.05, 4.69) is 30.2 Å². The summed E-state index contributed by atoms with van der Waals surface area (Å²) in [6, 6.07) is 7.78. The molecule has 1 saturated carbocycles. The van der Waals surface area contributed by atoms with Gasteiger partial charge < -0.3 is 0 Å². The lowest BCUT2D eigenvalue weighted by molar-refractivity contribution is 0.527. The van der Waals surface area contributed by atoms with Crippen LogP contribution in [0.3, 0.4) is 0 Å². The summed E-state index contributed by atoms with van der Waals surface area (Å²) in [6.07, 6.45) is 9.28. The predicted octanol–water partition coefficient (Wildman–Crippen LogP) is 3.58. The van der Waals surface area contributed by atoms with E-state index in [1.54, 1.807) is 0 Å². The minimum Gasteiger partial charge on any atom is -0.266 e. The van der Waals surface area contributed by atoms with Crippen molar-refractivity contribution < 1.29 is 0 Å². The highest BCUT2D eigenvalue weighted by molar-refractivity contribution is 6.89. The van der Waals surface area contributed by atoms with E-state index in [-0.39, 0.29) is 0 Å². The maximum atomic E-state index is 4.56. The van der Waals surface area contributed by atoms with Crippen LogP contribution in [0.4, 0.5) is 0 Å². The highest BCUT2D eigenvalue weighted by Crippen LogP contribution is 2.30. The molecule has 2 heteroatoms. The number of nitrogens with zero attached hydrogens (tertiary/aromatic N) is 1. The second kappa shape index (κ2) is 5.13. The van der Waals surface area contributed by atoms with Gasteiger partial charge in [-0.05, 0) is 18.1 Å². The molecule has 0 spiro atoms. The van der Waals surface area contributed by atoms with Gasteiger partial charge in [-0.25, -0.2) is 0 Å². The van der Waals surface area contributed by atoms with Gasteiger partial charge in [0.1, 0.15) is 8.07 Å². The zero-order chi connectivity index (χ0) is 11.4. The summed E-state index contributed by atoms with van der Waals surface area (Å²) in [6.45, 7) is 4.93. The van der Waals surface area contributed by atoms with Crippen molar-refractivity contribution >= 4 is 13.4 Å². The van der Waals surface area contributed by atoms with Crippen molar-refractivity contribution in [2.24, 2.45) is 5.92 Å². The third-order valence-corrected chi connectivity index (χ3v) is 7.23. The van der Waals surface area contributed by atoms with Gasteiger partial charge in [0, 0.05) is 11.5 Å². The Morgan fingerprint density at radius 1 is 1.25 bits per heavy atom. The molecule has 0 amide bonds. The van der Waals surface area contributed by atoms with Crippen LogP contribution in [0.5, 0.6) is 0 Å². The lowest BCUT2D eigenvalue weighted by atomic mass is 10.1. The average molecular weight is 233 g/mol. The highest BCUT2D eigenvalue weighted by Gasteiger charge is 2.26. The largest absolute Gasteiger partial charge is 0.266 e. The molecule has 1 aliphatic rings. The van der Waals surface area contributed by atoms with Gasteiger partial charge in [0.25, 0.3) is 0 Å². The Balaban J connectivity index is 1.92. The van der Waals surface area contributed by atoms with E-state index in [4.69, 9.17) is 0 Å². The number of hydrogen-bond acceptors (Lipinski definition) is 1. The first kappa shape index (κ1) is 11.8. The van der Waals surface area contributed by atoms with Crippen molar-refractivity contribution in [3.05, 3.63) is 24.4 Å². The molecule has 0 N–H and O–H groups in total.